The second-order valence-corrected chi connectivity index (χ2v) is 4.87. The summed E-state index contributed by atoms with van der Waals surface area (Å²) >= 11 is 0. The van der Waals surface area contributed by atoms with E-state index in [0.29, 0.717) is 6.04 Å². The summed E-state index contributed by atoms with van der Waals surface area (Å²) in [7, 11) is 0. The highest BCUT2D eigenvalue weighted by Crippen LogP contribution is 2.28. The molecule has 1 atom stereocenters. The van der Waals surface area contributed by atoms with Gasteiger partial charge in [0.25, 0.3) is 0 Å². The highest BCUT2D eigenvalue weighted by molar-refractivity contribution is 5.00. The van der Waals surface area contributed by atoms with E-state index in [0.717, 1.165) is 50.5 Å². The molecule has 1 aromatic heterocycles. The van der Waals surface area contributed by atoms with E-state index in [1.165, 1.54) is 0 Å². The monoisotopic (exact) mass is 238 g/mol. The van der Waals surface area contributed by atoms with Crippen LogP contribution in [-0.2, 0) is 11.2 Å². The van der Waals surface area contributed by atoms with Crippen LogP contribution in [0.2, 0.25) is 0 Å². The molecule has 0 amide bonds. The van der Waals surface area contributed by atoms with Gasteiger partial charge < -0.3 is 14.5 Å². The van der Waals surface area contributed by atoms with Crippen molar-refractivity contribution in [1.29, 1.82) is 0 Å². The van der Waals surface area contributed by atoms with Gasteiger partial charge in [0.15, 0.2) is 11.7 Å². The zero-order valence-corrected chi connectivity index (χ0v) is 10.7. The summed E-state index contributed by atoms with van der Waals surface area (Å²) in [5.41, 5.74) is 0. The molecule has 0 saturated carbocycles. The van der Waals surface area contributed by atoms with E-state index in [2.05, 4.69) is 24.1 Å². The summed E-state index contributed by atoms with van der Waals surface area (Å²) in [5.74, 6) is 1.73. The van der Waals surface area contributed by atoms with Gasteiger partial charge in [-0.3, -0.25) is 0 Å². The Hall–Kier alpha value is -0.870. The Kier molecular flexibility index (Phi) is 4.57. The molecule has 1 saturated heterocycles. The molecule has 1 fully saturated rings. The number of ether oxygens (including phenoxy) is 1. The first-order chi connectivity index (χ1) is 8.25. The van der Waals surface area contributed by atoms with Crippen LogP contribution in [-0.4, -0.2) is 24.2 Å². The molecule has 0 radical (unpaired) electrons. The van der Waals surface area contributed by atoms with Crippen molar-refractivity contribution in [1.82, 2.24) is 10.3 Å². The SMILES string of the molecule is CC(C)NCCCc1ncc(C2CCCO2)o1. The predicted molar refractivity (Wildman–Crippen MR) is 65.9 cm³/mol. The van der Waals surface area contributed by atoms with Crippen LogP contribution in [0.3, 0.4) is 0 Å². The lowest BCUT2D eigenvalue weighted by Gasteiger charge is -2.06. The van der Waals surface area contributed by atoms with E-state index in [1.54, 1.807) is 0 Å². The lowest BCUT2D eigenvalue weighted by atomic mass is 10.2. The van der Waals surface area contributed by atoms with Gasteiger partial charge in [-0.15, -0.1) is 0 Å². The molecule has 2 heterocycles. The smallest absolute Gasteiger partial charge is 0.194 e. The van der Waals surface area contributed by atoms with Gasteiger partial charge in [0.1, 0.15) is 6.10 Å². The second-order valence-electron chi connectivity index (χ2n) is 4.87. The maximum Gasteiger partial charge on any atom is 0.194 e. The molecule has 4 heteroatoms. The lowest BCUT2D eigenvalue weighted by Crippen LogP contribution is -2.23. The first-order valence-electron chi connectivity index (χ1n) is 6.55. The molecule has 0 aliphatic carbocycles. The van der Waals surface area contributed by atoms with Crippen molar-refractivity contribution < 1.29 is 9.15 Å². The first-order valence-corrected chi connectivity index (χ1v) is 6.55. The summed E-state index contributed by atoms with van der Waals surface area (Å²) in [6, 6.07) is 0.544. The van der Waals surface area contributed by atoms with Crippen LogP contribution < -0.4 is 5.32 Å². The molecular formula is C13H22N2O2. The zero-order chi connectivity index (χ0) is 12.1. The highest BCUT2D eigenvalue weighted by Gasteiger charge is 2.21. The number of rotatable bonds is 6. The van der Waals surface area contributed by atoms with E-state index in [1.807, 2.05) is 6.20 Å². The Bertz CT molecular complexity index is 330. The van der Waals surface area contributed by atoms with Crippen LogP contribution in [0.4, 0.5) is 0 Å². The number of hydrogen-bond acceptors (Lipinski definition) is 4. The number of nitrogens with zero attached hydrogens (tertiary/aromatic N) is 1. The van der Waals surface area contributed by atoms with Crippen molar-refractivity contribution in [3.8, 4) is 0 Å². The van der Waals surface area contributed by atoms with Gasteiger partial charge in [-0.2, -0.15) is 0 Å². The van der Waals surface area contributed by atoms with Crippen molar-refractivity contribution in [3.05, 3.63) is 17.8 Å². The van der Waals surface area contributed by atoms with Crippen molar-refractivity contribution in [2.45, 2.75) is 51.7 Å². The fourth-order valence-corrected chi connectivity index (χ4v) is 2.02. The summed E-state index contributed by atoms with van der Waals surface area (Å²) < 4.78 is 11.3. The van der Waals surface area contributed by atoms with Gasteiger partial charge >= 0.3 is 0 Å². The predicted octanol–water partition coefficient (Wildman–Crippen LogP) is 2.46. The Balaban J connectivity index is 1.74. The average Bonchev–Trinajstić information content (AvgIpc) is 2.94. The Labute approximate surface area is 103 Å². The van der Waals surface area contributed by atoms with E-state index in [9.17, 15) is 0 Å². The number of hydrogen-bond donors (Lipinski definition) is 1. The summed E-state index contributed by atoms with van der Waals surface area (Å²) in [4.78, 5) is 4.30. The standard InChI is InChI=1S/C13H22N2O2/c1-10(2)14-7-3-6-13-15-9-12(17-13)11-5-4-8-16-11/h9-11,14H,3-8H2,1-2H3. The molecule has 0 spiro atoms. The summed E-state index contributed by atoms with van der Waals surface area (Å²) in [5, 5.41) is 3.38. The minimum absolute atomic E-state index is 0.144. The molecular weight excluding hydrogens is 216 g/mol. The highest BCUT2D eigenvalue weighted by atomic mass is 16.5. The third-order valence-corrected chi connectivity index (χ3v) is 2.94. The van der Waals surface area contributed by atoms with Gasteiger partial charge in [-0.25, -0.2) is 4.98 Å². The topological polar surface area (TPSA) is 47.3 Å². The lowest BCUT2D eigenvalue weighted by molar-refractivity contribution is 0.0924. The van der Waals surface area contributed by atoms with Gasteiger partial charge in [-0.1, -0.05) is 13.8 Å². The fraction of sp³-hybridized carbons (Fsp3) is 0.769. The quantitative estimate of drug-likeness (QED) is 0.773. The molecule has 1 aliphatic heterocycles. The Morgan fingerprint density at radius 1 is 1.53 bits per heavy atom. The van der Waals surface area contributed by atoms with Crippen molar-refractivity contribution >= 4 is 0 Å². The van der Waals surface area contributed by atoms with Crippen LogP contribution >= 0.6 is 0 Å². The first kappa shape index (κ1) is 12.6. The number of aryl methyl sites for hydroxylation is 1. The van der Waals surface area contributed by atoms with E-state index in [4.69, 9.17) is 9.15 Å². The van der Waals surface area contributed by atoms with Crippen LogP contribution in [0.25, 0.3) is 0 Å². The summed E-state index contributed by atoms with van der Waals surface area (Å²) in [6.45, 7) is 6.16. The van der Waals surface area contributed by atoms with Gasteiger partial charge in [0, 0.05) is 19.1 Å². The molecule has 2 rings (SSSR count). The molecule has 0 aromatic carbocycles. The van der Waals surface area contributed by atoms with E-state index < -0.39 is 0 Å². The molecule has 96 valence electrons. The minimum atomic E-state index is 0.144. The van der Waals surface area contributed by atoms with Crippen molar-refractivity contribution in [3.63, 3.8) is 0 Å². The van der Waals surface area contributed by atoms with Gasteiger partial charge in [0.05, 0.1) is 6.20 Å². The molecule has 1 aliphatic rings. The molecule has 17 heavy (non-hydrogen) atoms. The third kappa shape index (κ3) is 3.82. The van der Waals surface area contributed by atoms with Crippen LogP contribution in [0.1, 0.15) is 50.9 Å². The molecule has 1 aromatic rings. The normalized spacial score (nSPS) is 20.3. The van der Waals surface area contributed by atoms with Crippen LogP contribution in [0.15, 0.2) is 10.6 Å². The van der Waals surface area contributed by atoms with Gasteiger partial charge in [0.2, 0.25) is 0 Å². The molecule has 1 N–H and O–H groups in total. The van der Waals surface area contributed by atoms with Crippen LogP contribution in [0, 0.1) is 0 Å². The Morgan fingerprint density at radius 2 is 2.41 bits per heavy atom. The number of oxazole rings is 1. The maximum absolute atomic E-state index is 5.71. The maximum atomic E-state index is 5.71. The molecule has 0 bridgehead atoms. The number of aromatic nitrogens is 1. The molecule has 1 unspecified atom stereocenters. The van der Waals surface area contributed by atoms with Crippen molar-refractivity contribution in [2.75, 3.05) is 13.2 Å². The van der Waals surface area contributed by atoms with E-state index >= 15 is 0 Å². The largest absolute Gasteiger partial charge is 0.443 e. The van der Waals surface area contributed by atoms with Crippen molar-refractivity contribution in [2.24, 2.45) is 0 Å². The molecule has 4 nitrogen and oxygen atoms in total. The number of nitrogens with one attached hydrogen (secondary N) is 1. The second kappa shape index (κ2) is 6.17. The third-order valence-electron chi connectivity index (χ3n) is 2.94. The average molecular weight is 238 g/mol. The zero-order valence-electron chi connectivity index (χ0n) is 10.7. The minimum Gasteiger partial charge on any atom is -0.443 e. The van der Waals surface area contributed by atoms with Crippen LogP contribution in [0.5, 0.6) is 0 Å². The van der Waals surface area contributed by atoms with Gasteiger partial charge in [-0.05, 0) is 25.8 Å². The fourth-order valence-electron chi connectivity index (χ4n) is 2.02. The van der Waals surface area contributed by atoms with E-state index in [-0.39, 0.29) is 6.10 Å². The summed E-state index contributed by atoms with van der Waals surface area (Å²) in [6.07, 6.45) is 6.10. The Morgan fingerprint density at radius 3 is 3.12 bits per heavy atom.